The number of rotatable bonds is 7. The zero-order valence-corrected chi connectivity index (χ0v) is 11.6. The van der Waals surface area contributed by atoms with Crippen LogP contribution in [-0.4, -0.2) is 28.5 Å². The molecular formula is C14H22N4O. The van der Waals surface area contributed by atoms with Crippen LogP contribution in [0.25, 0.3) is 0 Å². The van der Waals surface area contributed by atoms with Crippen molar-refractivity contribution in [3.05, 3.63) is 18.1 Å². The minimum Gasteiger partial charge on any atom is -0.369 e. The number of aromatic nitrogens is 2. The molecule has 2 rings (SSSR count). The maximum absolute atomic E-state index is 11.9. The van der Waals surface area contributed by atoms with Gasteiger partial charge in [-0.2, -0.15) is 0 Å². The highest BCUT2D eigenvalue weighted by molar-refractivity contribution is 5.92. The van der Waals surface area contributed by atoms with Gasteiger partial charge in [0.2, 0.25) is 0 Å². The summed E-state index contributed by atoms with van der Waals surface area (Å²) in [5.41, 5.74) is 0.393. The summed E-state index contributed by atoms with van der Waals surface area (Å²) in [6, 6.07) is 0.340. The van der Waals surface area contributed by atoms with Crippen LogP contribution in [0.5, 0.6) is 0 Å². The van der Waals surface area contributed by atoms with Crippen LogP contribution in [-0.2, 0) is 0 Å². The molecule has 2 atom stereocenters. The molecule has 0 radical (unpaired) electrons. The van der Waals surface area contributed by atoms with Crippen molar-refractivity contribution in [2.75, 3.05) is 11.9 Å². The van der Waals surface area contributed by atoms with Crippen LogP contribution in [0.4, 0.5) is 5.82 Å². The van der Waals surface area contributed by atoms with Crippen molar-refractivity contribution >= 4 is 11.7 Å². The summed E-state index contributed by atoms with van der Waals surface area (Å²) in [7, 11) is 0. The van der Waals surface area contributed by atoms with Gasteiger partial charge in [-0.25, -0.2) is 9.97 Å². The first-order valence-corrected chi connectivity index (χ1v) is 7.11. The molecule has 5 heteroatoms. The quantitative estimate of drug-likeness (QED) is 0.790. The van der Waals surface area contributed by atoms with Gasteiger partial charge in [0.1, 0.15) is 11.5 Å². The van der Waals surface area contributed by atoms with Gasteiger partial charge >= 0.3 is 0 Å². The van der Waals surface area contributed by atoms with Gasteiger partial charge in [0.05, 0.1) is 12.4 Å². The molecule has 0 bridgehead atoms. The fraction of sp³-hybridized carbons (Fsp3) is 0.643. The molecule has 19 heavy (non-hydrogen) atoms. The van der Waals surface area contributed by atoms with Crippen LogP contribution in [0.3, 0.4) is 0 Å². The van der Waals surface area contributed by atoms with Gasteiger partial charge in [0.15, 0.2) is 0 Å². The second kappa shape index (κ2) is 6.50. The second-order valence-electron chi connectivity index (χ2n) is 5.08. The number of hydrogen-bond acceptors (Lipinski definition) is 4. The lowest BCUT2D eigenvalue weighted by Gasteiger charge is -2.05. The molecule has 0 aromatic carbocycles. The highest BCUT2D eigenvalue weighted by Crippen LogP contribution is 2.34. The molecular weight excluding hydrogens is 240 g/mol. The van der Waals surface area contributed by atoms with Gasteiger partial charge in [-0.05, 0) is 25.2 Å². The SMILES string of the molecule is CCCNc1cnc(C(=O)NC2CC2CCC)cn1. The van der Waals surface area contributed by atoms with E-state index in [1.807, 2.05) is 0 Å². The predicted molar refractivity (Wildman–Crippen MR) is 75.1 cm³/mol. The molecule has 0 saturated heterocycles. The largest absolute Gasteiger partial charge is 0.369 e. The van der Waals surface area contributed by atoms with Gasteiger partial charge in [-0.3, -0.25) is 4.79 Å². The van der Waals surface area contributed by atoms with E-state index in [0.717, 1.165) is 19.4 Å². The van der Waals surface area contributed by atoms with Crippen LogP contribution >= 0.6 is 0 Å². The molecule has 2 unspecified atom stereocenters. The first kappa shape index (κ1) is 13.8. The summed E-state index contributed by atoms with van der Waals surface area (Å²) >= 11 is 0. The third kappa shape index (κ3) is 3.91. The Balaban J connectivity index is 1.82. The predicted octanol–water partition coefficient (Wildman–Crippen LogP) is 2.22. The molecule has 0 aliphatic heterocycles. The lowest BCUT2D eigenvalue weighted by Crippen LogP contribution is -2.27. The summed E-state index contributed by atoms with van der Waals surface area (Å²) in [5.74, 6) is 1.26. The lowest BCUT2D eigenvalue weighted by molar-refractivity contribution is 0.0943. The van der Waals surface area contributed by atoms with Crippen LogP contribution in [0.1, 0.15) is 50.0 Å². The third-order valence-corrected chi connectivity index (χ3v) is 3.34. The summed E-state index contributed by atoms with van der Waals surface area (Å²) in [6.45, 7) is 5.12. The monoisotopic (exact) mass is 262 g/mol. The number of hydrogen-bond donors (Lipinski definition) is 2. The summed E-state index contributed by atoms with van der Waals surface area (Å²) in [5, 5.41) is 6.14. The Morgan fingerprint density at radius 1 is 1.32 bits per heavy atom. The Bertz CT molecular complexity index is 418. The Labute approximate surface area is 114 Å². The van der Waals surface area contributed by atoms with E-state index in [0.29, 0.717) is 23.5 Å². The molecule has 1 amide bonds. The molecule has 1 aliphatic rings. The Kier molecular flexibility index (Phi) is 4.71. The highest BCUT2D eigenvalue weighted by atomic mass is 16.2. The van der Waals surface area contributed by atoms with Crippen LogP contribution < -0.4 is 10.6 Å². The molecule has 104 valence electrons. The Morgan fingerprint density at radius 2 is 2.16 bits per heavy atom. The van der Waals surface area contributed by atoms with Gasteiger partial charge < -0.3 is 10.6 Å². The number of amides is 1. The van der Waals surface area contributed by atoms with Crippen LogP contribution in [0.2, 0.25) is 0 Å². The molecule has 1 aromatic heterocycles. The smallest absolute Gasteiger partial charge is 0.271 e. The number of nitrogens with one attached hydrogen (secondary N) is 2. The topological polar surface area (TPSA) is 66.9 Å². The maximum Gasteiger partial charge on any atom is 0.271 e. The average molecular weight is 262 g/mol. The average Bonchev–Trinajstić information content (AvgIpc) is 3.15. The van der Waals surface area contributed by atoms with Crippen LogP contribution in [0.15, 0.2) is 12.4 Å². The van der Waals surface area contributed by atoms with Crippen molar-refractivity contribution in [1.82, 2.24) is 15.3 Å². The fourth-order valence-corrected chi connectivity index (χ4v) is 2.15. The molecule has 2 N–H and O–H groups in total. The van der Waals surface area contributed by atoms with Gasteiger partial charge in [-0.1, -0.05) is 20.3 Å². The molecule has 1 aromatic rings. The van der Waals surface area contributed by atoms with E-state index in [9.17, 15) is 4.79 Å². The number of carbonyl (C=O) groups excluding carboxylic acids is 1. The molecule has 5 nitrogen and oxygen atoms in total. The van der Waals surface area contributed by atoms with Gasteiger partial charge in [0.25, 0.3) is 5.91 Å². The van der Waals surface area contributed by atoms with Crippen molar-refractivity contribution in [1.29, 1.82) is 0 Å². The van der Waals surface area contributed by atoms with Crippen LogP contribution in [0, 0.1) is 5.92 Å². The standard InChI is InChI=1S/C14H22N4O/c1-3-5-10-7-11(10)18-14(19)12-8-17-13(9-16-12)15-6-4-2/h8-11H,3-7H2,1-2H3,(H,15,17)(H,18,19). The Morgan fingerprint density at radius 3 is 2.79 bits per heavy atom. The summed E-state index contributed by atoms with van der Waals surface area (Å²) in [6.07, 6.45) is 7.64. The number of anilines is 1. The lowest BCUT2D eigenvalue weighted by atomic mass is 10.2. The first-order valence-electron chi connectivity index (χ1n) is 7.11. The fourth-order valence-electron chi connectivity index (χ4n) is 2.15. The van der Waals surface area contributed by atoms with E-state index >= 15 is 0 Å². The molecule has 1 heterocycles. The minimum absolute atomic E-state index is 0.113. The molecule has 0 spiro atoms. The van der Waals surface area contributed by atoms with Crippen molar-refractivity contribution in [2.45, 2.75) is 45.6 Å². The molecule has 1 aliphatic carbocycles. The minimum atomic E-state index is -0.113. The van der Waals surface area contributed by atoms with E-state index in [1.165, 1.54) is 19.0 Å². The first-order chi connectivity index (χ1) is 9.24. The van der Waals surface area contributed by atoms with E-state index in [1.54, 1.807) is 6.20 Å². The van der Waals surface area contributed by atoms with Crippen molar-refractivity contribution in [2.24, 2.45) is 5.92 Å². The molecule has 1 saturated carbocycles. The number of nitrogens with zero attached hydrogens (tertiary/aromatic N) is 2. The van der Waals surface area contributed by atoms with E-state index in [-0.39, 0.29) is 5.91 Å². The van der Waals surface area contributed by atoms with Crippen molar-refractivity contribution < 1.29 is 4.79 Å². The van der Waals surface area contributed by atoms with Gasteiger partial charge in [-0.15, -0.1) is 0 Å². The molecule has 1 fully saturated rings. The van der Waals surface area contributed by atoms with E-state index in [2.05, 4.69) is 34.4 Å². The zero-order valence-electron chi connectivity index (χ0n) is 11.6. The van der Waals surface area contributed by atoms with Crippen molar-refractivity contribution in [3.8, 4) is 0 Å². The van der Waals surface area contributed by atoms with Crippen molar-refractivity contribution in [3.63, 3.8) is 0 Å². The highest BCUT2D eigenvalue weighted by Gasteiger charge is 2.37. The third-order valence-electron chi connectivity index (χ3n) is 3.34. The maximum atomic E-state index is 11.9. The normalized spacial score (nSPS) is 20.9. The summed E-state index contributed by atoms with van der Waals surface area (Å²) in [4.78, 5) is 20.3. The number of carbonyl (C=O) groups is 1. The second-order valence-corrected chi connectivity index (χ2v) is 5.08. The summed E-state index contributed by atoms with van der Waals surface area (Å²) < 4.78 is 0. The van der Waals surface area contributed by atoms with E-state index in [4.69, 9.17) is 0 Å². The Hall–Kier alpha value is -1.65. The van der Waals surface area contributed by atoms with E-state index < -0.39 is 0 Å². The zero-order chi connectivity index (χ0) is 13.7. The van der Waals surface area contributed by atoms with Gasteiger partial charge in [0, 0.05) is 12.6 Å².